The van der Waals surface area contributed by atoms with E-state index in [1.54, 1.807) is 49.8 Å². The van der Waals surface area contributed by atoms with Gasteiger partial charge in [-0.3, -0.25) is 0 Å². The van der Waals surface area contributed by atoms with Crippen molar-refractivity contribution in [2.75, 3.05) is 14.2 Å². The molecule has 0 bridgehead atoms. The lowest BCUT2D eigenvalue weighted by atomic mass is 10.1. The summed E-state index contributed by atoms with van der Waals surface area (Å²) in [6.45, 7) is 0. The molecule has 5 heteroatoms. The van der Waals surface area contributed by atoms with Crippen molar-refractivity contribution in [1.82, 2.24) is 0 Å². The zero-order chi connectivity index (χ0) is 18.8. The third kappa shape index (κ3) is 3.41. The Hall–Kier alpha value is -3.18. The van der Waals surface area contributed by atoms with Crippen molar-refractivity contribution in [3.63, 3.8) is 0 Å². The minimum atomic E-state index is 0.201. The Balaban J connectivity index is 1.89. The third-order valence-electron chi connectivity index (χ3n) is 4.24. The lowest BCUT2D eigenvalue weighted by Crippen LogP contribution is -1.87. The molecular formula is C22H18O4S. The highest BCUT2D eigenvalue weighted by Crippen LogP contribution is 2.47. The normalized spacial score (nSPS) is 10.7. The summed E-state index contributed by atoms with van der Waals surface area (Å²) in [4.78, 5) is 1.00. The van der Waals surface area contributed by atoms with E-state index in [0.717, 1.165) is 37.8 Å². The van der Waals surface area contributed by atoms with E-state index in [2.05, 4.69) is 0 Å². The number of hydrogen-bond donors (Lipinski definition) is 1. The average Bonchev–Trinajstić information content (AvgIpc) is 3.07. The highest BCUT2D eigenvalue weighted by molar-refractivity contribution is 7.22. The lowest BCUT2D eigenvalue weighted by Gasteiger charge is -2.09. The van der Waals surface area contributed by atoms with Crippen LogP contribution in [0.5, 0.6) is 28.7 Å². The lowest BCUT2D eigenvalue weighted by molar-refractivity contribution is 0.415. The summed E-state index contributed by atoms with van der Waals surface area (Å²) in [5, 5.41) is 10.5. The van der Waals surface area contributed by atoms with Gasteiger partial charge in [0.1, 0.15) is 23.0 Å². The first-order valence-electron chi connectivity index (χ1n) is 8.40. The molecular weight excluding hydrogens is 360 g/mol. The van der Waals surface area contributed by atoms with Crippen LogP contribution in [-0.4, -0.2) is 19.3 Å². The maximum absolute atomic E-state index is 9.53. The third-order valence-corrected chi connectivity index (χ3v) is 5.44. The highest BCUT2D eigenvalue weighted by atomic mass is 32.1. The van der Waals surface area contributed by atoms with E-state index in [0.29, 0.717) is 5.75 Å². The number of thiophene rings is 1. The molecule has 27 heavy (non-hydrogen) atoms. The van der Waals surface area contributed by atoms with Gasteiger partial charge in [0.25, 0.3) is 0 Å². The molecule has 0 aliphatic heterocycles. The van der Waals surface area contributed by atoms with E-state index in [9.17, 15) is 5.11 Å². The number of aromatic hydroxyl groups is 1. The molecule has 0 saturated heterocycles. The molecule has 0 unspecified atom stereocenters. The van der Waals surface area contributed by atoms with Gasteiger partial charge in [-0.05, 0) is 60.2 Å². The van der Waals surface area contributed by atoms with Crippen molar-refractivity contribution in [3.05, 3.63) is 66.7 Å². The van der Waals surface area contributed by atoms with Gasteiger partial charge >= 0.3 is 0 Å². The number of ether oxygens (including phenoxy) is 3. The molecule has 4 rings (SSSR count). The quantitative estimate of drug-likeness (QED) is 0.457. The molecule has 3 aromatic carbocycles. The summed E-state index contributed by atoms with van der Waals surface area (Å²) < 4.78 is 18.1. The van der Waals surface area contributed by atoms with Gasteiger partial charge in [0, 0.05) is 10.1 Å². The Morgan fingerprint density at radius 2 is 1.48 bits per heavy atom. The molecule has 0 aliphatic carbocycles. The summed E-state index contributed by atoms with van der Waals surface area (Å²) in [6.07, 6.45) is 0. The van der Waals surface area contributed by atoms with Gasteiger partial charge in [-0.25, -0.2) is 0 Å². The summed E-state index contributed by atoms with van der Waals surface area (Å²) in [5.74, 6) is 3.17. The minimum absolute atomic E-state index is 0.201. The monoisotopic (exact) mass is 378 g/mol. The van der Waals surface area contributed by atoms with Gasteiger partial charge in [0.15, 0.2) is 5.75 Å². The molecule has 0 aliphatic rings. The zero-order valence-corrected chi connectivity index (χ0v) is 15.7. The Labute approximate surface area is 161 Å². The van der Waals surface area contributed by atoms with E-state index in [1.165, 1.54) is 0 Å². The van der Waals surface area contributed by atoms with Crippen LogP contribution in [-0.2, 0) is 0 Å². The van der Waals surface area contributed by atoms with Crippen LogP contribution in [0.4, 0.5) is 0 Å². The van der Waals surface area contributed by atoms with Crippen molar-refractivity contribution >= 4 is 21.4 Å². The van der Waals surface area contributed by atoms with Crippen molar-refractivity contribution in [1.29, 1.82) is 0 Å². The van der Waals surface area contributed by atoms with Crippen LogP contribution in [0.3, 0.4) is 0 Å². The van der Waals surface area contributed by atoms with E-state index in [4.69, 9.17) is 14.2 Å². The van der Waals surface area contributed by atoms with E-state index in [-0.39, 0.29) is 5.75 Å². The zero-order valence-electron chi connectivity index (χ0n) is 14.9. The molecule has 4 aromatic rings. The second-order valence-corrected chi connectivity index (χ2v) is 7.00. The Morgan fingerprint density at radius 1 is 0.778 bits per heavy atom. The number of benzene rings is 3. The van der Waals surface area contributed by atoms with Crippen LogP contribution in [0.2, 0.25) is 0 Å². The smallest absolute Gasteiger partial charge is 0.153 e. The van der Waals surface area contributed by atoms with E-state index >= 15 is 0 Å². The van der Waals surface area contributed by atoms with E-state index in [1.807, 2.05) is 42.5 Å². The van der Waals surface area contributed by atoms with Crippen molar-refractivity contribution in [2.24, 2.45) is 0 Å². The summed E-state index contributed by atoms with van der Waals surface area (Å²) in [5.41, 5.74) is 1.02. The fourth-order valence-corrected chi connectivity index (χ4v) is 3.98. The first-order valence-corrected chi connectivity index (χ1v) is 9.21. The Kier molecular flexibility index (Phi) is 4.60. The van der Waals surface area contributed by atoms with Crippen LogP contribution in [0.15, 0.2) is 66.7 Å². The first-order chi connectivity index (χ1) is 13.2. The molecule has 0 fully saturated rings. The maximum Gasteiger partial charge on any atom is 0.153 e. The topological polar surface area (TPSA) is 47.9 Å². The molecule has 0 spiro atoms. The van der Waals surface area contributed by atoms with Gasteiger partial charge in [0.05, 0.1) is 19.1 Å². The standard InChI is InChI=1S/C22H18O4S/c1-24-17-5-3-4-14(12-17)22-21(26-16-8-6-15(23)7-9-16)19-13-18(25-2)10-11-20(19)27-22/h3-13,23H,1-2H3. The summed E-state index contributed by atoms with van der Waals surface area (Å²) in [7, 11) is 3.31. The fraction of sp³-hybridized carbons (Fsp3) is 0.0909. The molecule has 1 aromatic heterocycles. The van der Waals surface area contributed by atoms with E-state index < -0.39 is 0 Å². The van der Waals surface area contributed by atoms with Crippen LogP contribution in [0, 0.1) is 0 Å². The molecule has 0 amide bonds. The average molecular weight is 378 g/mol. The van der Waals surface area contributed by atoms with Crippen LogP contribution >= 0.6 is 11.3 Å². The molecule has 4 nitrogen and oxygen atoms in total. The molecule has 0 saturated carbocycles. The predicted octanol–water partition coefficient (Wildman–Crippen LogP) is 6.08. The predicted molar refractivity (Wildman–Crippen MR) is 109 cm³/mol. The minimum Gasteiger partial charge on any atom is -0.508 e. The Bertz CT molecular complexity index is 1080. The van der Waals surface area contributed by atoms with Gasteiger partial charge < -0.3 is 19.3 Å². The summed E-state index contributed by atoms with van der Waals surface area (Å²) >= 11 is 1.65. The van der Waals surface area contributed by atoms with Gasteiger partial charge in [0.2, 0.25) is 0 Å². The van der Waals surface area contributed by atoms with Crippen LogP contribution in [0.1, 0.15) is 0 Å². The molecule has 136 valence electrons. The Morgan fingerprint density at radius 3 is 2.22 bits per heavy atom. The number of fused-ring (bicyclic) bond motifs is 1. The number of methoxy groups -OCH3 is 2. The van der Waals surface area contributed by atoms with Crippen LogP contribution < -0.4 is 14.2 Å². The van der Waals surface area contributed by atoms with Crippen LogP contribution in [0.25, 0.3) is 20.5 Å². The maximum atomic E-state index is 9.53. The fourth-order valence-electron chi connectivity index (χ4n) is 2.87. The second kappa shape index (κ2) is 7.21. The van der Waals surface area contributed by atoms with Gasteiger partial charge in [-0.15, -0.1) is 11.3 Å². The van der Waals surface area contributed by atoms with Crippen molar-refractivity contribution < 1.29 is 19.3 Å². The number of phenols is 1. The highest BCUT2D eigenvalue weighted by Gasteiger charge is 2.17. The molecule has 1 N–H and O–H groups in total. The first kappa shape index (κ1) is 17.2. The number of phenolic OH excluding ortho intramolecular Hbond substituents is 1. The summed E-state index contributed by atoms with van der Waals surface area (Å²) in [6, 6.07) is 20.6. The second-order valence-electron chi connectivity index (χ2n) is 5.95. The molecule has 0 atom stereocenters. The molecule has 0 radical (unpaired) electrons. The van der Waals surface area contributed by atoms with Crippen molar-refractivity contribution in [2.45, 2.75) is 0 Å². The molecule has 1 heterocycles. The number of rotatable bonds is 5. The van der Waals surface area contributed by atoms with Crippen molar-refractivity contribution in [3.8, 4) is 39.2 Å². The largest absolute Gasteiger partial charge is 0.508 e. The SMILES string of the molecule is COc1cccc(-c2sc3ccc(OC)cc3c2Oc2ccc(O)cc2)c1. The number of hydrogen-bond acceptors (Lipinski definition) is 5. The van der Waals surface area contributed by atoms with Gasteiger partial charge in [-0.2, -0.15) is 0 Å². The van der Waals surface area contributed by atoms with Gasteiger partial charge in [-0.1, -0.05) is 12.1 Å².